The minimum absolute atomic E-state index is 0.00516. The van der Waals surface area contributed by atoms with E-state index in [1.54, 1.807) is 41.3 Å². The van der Waals surface area contributed by atoms with Crippen LogP contribution in [0, 0.1) is 0 Å². The van der Waals surface area contributed by atoms with Crippen LogP contribution in [-0.4, -0.2) is 135 Å². The van der Waals surface area contributed by atoms with Gasteiger partial charge < -0.3 is 65.6 Å². The van der Waals surface area contributed by atoms with Gasteiger partial charge in [0, 0.05) is 47.0 Å². The predicted octanol–water partition coefficient (Wildman–Crippen LogP) is -0.231. The number of hydrogen-bond donors (Lipinski definition) is 7. The quantitative estimate of drug-likeness (QED) is 0.0630. The van der Waals surface area contributed by atoms with Crippen molar-refractivity contribution in [2.24, 2.45) is 20.7 Å². The molecule has 332 valence electrons. The van der Waals surface area contributed by atoms with E-state index < -0.39 is 74.1 Å². The summed E-state index contributed by atoms with van der Waals surface area (Å²) in [7, 11) is 0. The number of aromatic nitrogens is 1. The van der Waals surface area contributed by atoms with E-state index in [0.29, 0.717) is 23.1 Å². The Morgan fingerprint density at radius 3 is 2.48 bits per heavy atom. The van der Waals surface area contributed by atoms with Crippen LogP contribution in [0.4, 0.5) is 11.5 Å². The number of carbonyl (C=O) groups excluding carboxylic acids is 4. The maximum Gasteiger partial charge on any atom is 0.302 e. The lowest BCUT2D eigenvalue weighted by atomic mass is 9.81. The molecular weight excluding hydrogens is 835 g/mol. The molecule has 0 spiro atoms. The summed E-state index contributed by atoms with van der Waals surface area (Å²) in [5, 5.41) is 53.5. The third-order valence-corrected chi connectivity index (χ3v) is 11.1. The Morgan fingerprint density at radius 2 is 1.72 bits per heavy atom. The third-order valence-electron chi connectivity index (χ3n) is 11.1. The number of nitrogens with zero attached hydrogens (tertiary/aromatic N) is 5. The molecule has 6 atom stereocenters. The van der Waals surface area contributed by atoms with Gasteiger partial charge in [-0.25, -0.2) is 4.98 Å². The first kappa shape index (κ1) is 43.9. The van der Waals surface area contributed by atoms with Crippen LogP contribution in [0.3, 0.4) is 0 Å². The SMILES string of the molecule is NC1=NC(=O)C2=NCN(c3ccccc3Cc3cc4c(c(OCC(O)CC=O)c3OC3OC(CO)C(O)C(O)C3OCCc3ccnc(N)c3)C(=O)c3cc(CO)ccc3C4=O)C2=N1. The van der Waals surface area contributed by atoms with Gasteiger partial charge in [-0.1, -0.05) is 24.3 Å². The first-order chi connectivity index (χ1) is 30.9. The Hall–Kier alpha value is -6.78. The molecule has 9 N–H and O–H groups in total. The highest BCUT2D eigenvalue weighted by atomic mass is 16.7. The monoisotopic (exact) mass is 877 g/mol. The number of rotatable bonds is 16. The van der Waals surface area contributed by atoms with Crippen molar-refractivity contribution in [3.63, 3.8) is 0 Å². The van der Waals surface area contributed by atoms with Crippen molar-refractivity contribution in [3.8, 4) is 11.5 Å². The van der Waals surface area contributed by atoms with Crippen molar-refractivity contribution in [3.05, 3.63) is 111 Å². The summed E-state index contributed by atoms with van der Waals surface area (Å²) in [5.74, 6) is -2.35. The van der Waals surface area contributed by atoms with E-state index in [9.17, 15) is 44.7 Å². The predicted molar refractivity (Wildman–Crippen MR) is 226 cm³/mol. The molecule has 0 bridgehead atoms. The lowest BCUT2D eigenvalue weighted by Crippen LogP contribution is -2.61. The highest BCUT2D eigenvalue weighted by molar-refractivity contribution is 6.72. The number of ether oxygens (including phenoxy) is 4. The van der Waals surface area contributed by atoms with Gasteiger partial charge in [-0.2, -0.15) is 9.98 Å². The van der Waals surface area contributed by atoms with Crippen LogP contribution in [0.5, 0.6) is 11.5 Å². The molecule has 1 fully saturated rings. The van der Waals surface area contributed by atoms with Gasteiger partial charge in [0.25, 0.3) is 0 Å². The number of amidine groups is 1. The Balaban J connectivity index is 1.28. The summed E-state index contributed by atoms with van der Waals surface area (Å²) in [5.41, 5.74) is 13.7. The molecule has 8 rings (SSSR count). The van der Waals surface area contributed by atoms with Gasteiger partial charge in [0.2, 0.25) is 12.2 Å². The number of benzene rings is 3. The average Bonchev–Trinajstić information content (AvgIpc) is 3.71. The number of nitrogen functional groups attached to an aromatic ring is 1. The number of aliphatic hydroxyl groups excluding tert-OH is 5. The molecule has 4 aromatic rings. The van der Waals surface area contributed by atoms with Gasteiger partial charge in [0.05, 0.1) is 31.5 Å². The average molecular weight is 878 g/mol. The minimum atomic E-state index is -1.70. The van der Waals surface area contributed by atoms with Crippen LogP contribution in [0.1, 0.15) is 60.5 Å². The maximum atomic E-state index is 14.7. The van der Waals surface area contributed by atoms with Crippen molar-refractivity contribution in [1.82, 2.24) is 4.98 Å². The lowest BCUT2D eigenvalue weighted by Gasteiger charge is -2.42. The molecule has 0 saturated carbocycles. The number of ketones is 2. The number of pyridine rings is 1. The molecule has 20 heteroatoms. The van der Waals surface area contributed by atoms with Crippen molar-refractivity contribution in [2.45, 2.75) is 62.7 Å². The van der Waals surface area contributed by atoms with Crippen LogP contribution in [0.2, 0.25) is 0 Å². The molecule has 1 aromatic heterocycles. The molecule has 1 aliphatic carbocycles. The standard InChI is InChI=1S/C44H43N7O13/c45-31-14-21(7-10-47-31)9-12-61-40-37(59)36(58)30(18-54)63-43(40)64-38-24(15-23-3-1-2-4-29(23)51-20-48-33-41(51)49-44(46)50-42(33)60)16-28-32(39(38)62-19-25(55)8-11-52)35(57)27-13-22(17-53)5-6-26(27)34(28)56/h1-7,10-11,13-14,16,25,30,36-37,40,43,53-55,58-59H,8-9,12,15,17-20H2,(H2,45,47)(H2,46,50,60). The fourth-order valence-electron chi connectivity index (χ4n) is 7.91. The van der Waals surface area contributed by atoms with Gasteiger partial charge in [-0.15, -0.1) is 0 Å². The Labute approximate surface area is 364 Å². The smallest absolute Gasteiger partial charge is 0.302 e. The van der Waals surface area contributed by atoms with Gasteiger partial charge in [-0.05, 0) is 59.5 Å². The largest absolute Gasteiger partial charge is 0.486 e. The van der Waals surface area contributed by atoms with Crippen LogP contribution in [0.25, 0.3) is 0 Å². The van der Waals surface area contributed by atoms with E-state index in [2.05, 4.69) is 20.0 Å². The van der Waals surface area contributed by atoms with Gasteiger partial charge in [0.1, 0.15) is 49.8 Å². The molecular formula is C44H43N7O13. The second-order valence-electron chi connectivity index (χ2n) is 15.3. The Morgan fingerprint density at radius 1 is 0.906 bits per heavy atom. The number of guanidine groups is 1. The summed E-state index contributed by atoms with van der Waals surface area (Å²) < 4.78 is 25.1. The minimum Gasteiger partial charge on any atom is -0.486 e. The van der Waals surface area contributed by atoms with E-state index in [4.69, 9.17) is 30.4 Å². The number of carbonyl (C=O) groups is 4. The number of aliphatic hydroxyl groups is 5. The second kappa shape index (κ2) is 18.5. The first-order valence-corrected chi connectivity index (χ1v) is 20.2. The molecule has 4 aliphatic rings. The van der Waals surface area contributed by atoms with E-state index in [1.807, 2.05) is 0 Å². The first-order valence-electron chi connectivity index (χ1n) is 20.2. The zero-order chi connectivity index (χ0) is 45.2. The summed E-state index contributed by atoms with van der Waals surface area (Å²) in [6, 6.07) is 16.1. The molecule has 1 amide bonds. The topological polar surface area (TPSA) is 312 Å². The molecule has 20 nitrogen and oxygen atoms in total. The zero-order valence-electron chi connectivity index (χ0n) is 33.9. The van der Waals surface area contributed by atoms with Gasteiger partial charge >= 0.3 is 5.91 Å². The lowest BCUT2D eigenvalue weighted by molar-refractivity contribution is -0.287. The number of nitrogens with two attached hydrogens (primary N) is 2. The van der Waals surface area contributed by atoms with Crippen molar-refractivity contribution >= 4 is 52.8 Å². The Kier molecular flexibility index (Phi) is 12.7. The van der Waals surface area contributed by atoms with E-state index in [1.165, 1.54) is 30.5 Å². The highest BCUT2D eigenvalue weighted by Gasteiger charge is 2.48. The number of hydrogen-bond acceptors (Lipinski definition) is 19. The maximum absolute atomic E-state index is 14.7. The second-order valence-corrected chi connectivity index (χ2v) is 15.3. The molecule has 4 heterocycles. The molecule has 1 saturated heterocycles. The molecule has 0 radical (unpaired) electrons. The van der Waals surface area contributed by atoms with Gasteiger partial charge in [-0.3, -0.25) is 19.4 Å². The third kappa shape index (κ3) is 8.50. The van der Waals surface area contributed by atoms with Crippen molar-refractivity contribution in [2.75, 3.05) is 37.1 Å². The van der Waals surface area contributed by atoms with Crippen LogP contribution < -0.4 is 25.8 Å². The molecule has 64 heavy (non-hydrogen) atoms. The van der Waals surface area contributed by atoms with Crippen LogP contribution in [-0.2, 0) is 38.5 Å². The fraction of sp³-hybridized carbons (Fsp3) is 0.318. The van der Waals surface area contributed by atoms with Crippen molar-refractivity contribution in [1.29, 1.82) is 0 Å². The summed E-state index contributed by atoms with van der Waals surface area (Å²) in [6.07, 6.45) is -7.41. The summed E-state index contributed by atoms with van der Waals surface area (Å²) >= 11 is 0. The van der Waals surface area contributed by atoms with Crippen LogP contribution >= 0.6 is 0 Å². The van der Waals surface area contributed by atoms with Crippen LogP contribution in [0.15, 0.2) is 81.8 Å². The molecule has 6 unspecified atom stereocenters. The molecule has 3 aliphatic heterocycles. The number of aldehydes is 1. The highest BCUT2D eigenvalue weighted by Crippen LogP contribution is 2.45. The fourth-order valence-corrected chi connectivity index (χ4v) is 7.91. The Bertz CT molecular complexity index is 2620. The normalized spacial score (nSPS) is 21.9. The van der Waals surface area contributed by atoms with E-state index >= 15 is 0 Å². The molecule has 3 aromatic carbocycles. The van der Waals surface area contributed by atoms with Gasteiger partial charge in [0.15, 0.2) is 34.6 Å². The summed E-state index contributed by atoms with van der Waals surface area (Å²) in [4.78, 5) is 71.2. The zero-order valence-corrected chi connectivity index (χ0v) is 33.9. The van der Waals surface area contributed by atoms with E-state index in [0.717, 1.165) is 5.56 Å². The number of para-hydroxylation sites is 1. The number of aliphatic imine (C=N–C) groups is 3. The van der Waals surface area contributed by atoms with E-state index in [-0.39, 0.29) is 95.2 Å². The number of anilines is 2. The number of fused-ring (bicyclic) bond motifs is 3. The number of amides is 1. The summed E-state index contributed by atoms with van der Waals surface area (Å²) in [6.45, 7) is -1.85. The van der Waals surface area contributed by atoms with Crippen molar-refractivity contribution < 1.29 is 63.7 Å².